The number of carbonyl (C=O) groups is 2. The van der Waals surface area contributed by atoms with Crippen molar-refractivity contribution in [3.05, 3.63) is 72.3 Å². The number of hydrogen-bond donors (Lipinski definition) is 1. The fourth-order valence-corrected chi connectivity index (χ4v) is 5.40. The zero-order valence-corrected chi connectivity index (χ0v) is 20.1. The minimum absolute atomic E-state index is 0.0822. The Labute approximate surface area is 204 Å². The number of aromatic nitrogens is 3. The van der Waals surface area contributed by atoms with Gasteiger partial charge >= 0.3 is 5.97 Å². The molecule has 0 atom stereocenters. The van der Waals surface area contributed by atoms with Crippen LogP contribution in [0.2, 0.25) is 0 Å². The molecule has 0 spiro atoms. The summed E-state index contributed by atoms with van der Waals surface area (Å²) >= 11 is 0. The van der Waals surface area contributed by atoms with Crippen molar-refractivity contribution in [3.63, 3.8) is 0 Å². The van der Waals surface area contributed by atoms with Crippen molar-refractivity contribution in [2.24, 2.45) is 5.92 Å². The fourth-order valence-electron chi connectivity index (χ4n) is 3.93. The van der Waals surface area contributed by atoms with Gasteiger partial charge in [-0.3, -0.25) is 4.79 Å². The summed E-state index contributed by atoms with van der Waals surface area (Å²) in [4.78, 5) is 28.5. The van der Waals surface area contributed by atoms with E-state index < -0.39 is 16.0 Å². The molecule has 1 N–H and O–H groups in total. The first-order valence-electron chi connectivity index (χ1n) is 11.4. The summed E-state index contributed by atoms with van der Waals surface area (Å²) in [5.74, 6) is -0.822. The normalized spacial score (nSPS) is 15.0. The number of sulfonamides is 1. The minimum atomic E-state index is -3.71. The van der Waals surface area contributed by atoms with Crippen LogP contribution in [0.25, 0.3) is 5.69 Å². The van der Waals surface area contributed by atoms with Crippen LogP contribution in [0.3, 0.4) is 0 Å². The molecule has 11 heteroatoms. The molecule has 0 radical (unpaired) electrons. The van der Waals surface area contributed by atoms with E-state index in [2.05, 4.69) is 15.4 Å². The largest absolute Gasteiger partial charge is 0.462 e. The van der Waals surface area contributed by atoms with Crippen molar-refractivity contribution in [2.75, 3.05) is 19.7 Å². The molecule has 1 aliphatic heterocycles. The Balaban J connectivity index is 1.28. The van der Waals surface area contributed by atoms with E-state index in [-0.39, 0.29) is 36.4 Å². The van der Waals surface area contributed by atoms with Gasteiger partial charge in [0.1, 0.15) is 12.7 Å². The minimum Gasteiger partial charge on any atom is -0.462 e. The van der Waals surface area contributed by atoms with Crippen molar-refractivity contribution in [3.8, 4) is 5.69 Å². The van der Waals surface area contributed by atoms with E-state index in [0.29, 0.717) is 24.9 Å². The van der Waals surface area contributed by atoms with Crippen LogP contribution in [0.5, 0.6) is 0 Å². The molecule has 35 heavy (non-hydrogen) atoms. The van der Waals surface area contributed by atoms with E-state index in [0.717, 1.165) is 11.3 Å². The number of esters is 1. The van der Waals surface area contributed by atoms with Crippen molar-refractivity contribution in [1.29, 1.82) is 0 Å². The molecule has 1 aromatic heterocycles. The van der Waals surface area contributed by atoms with Crippen LogP contribution in [0, 0.1) is 5.92 Å². The molecular weight excluding hydrogens is 470 g/mol. The Hall–Kier alpha value is -3.57. The van der Waals surface area contributed by atoms with Crippen molar-refractivity contribution in [2.45, 2.75) is 31.2 Å². The number of ether oxygens (including phenoxy) is 1. The predicted octanol–water partition coefficient (Wildman–Crippen LogP) is 2.16. The highest BCUT2D eigenvalue weighted by atomic mass is 32.2. The Kier molecular flexibility index (Phi) is 7.57. The summed E-state index contributed by atoms with van der Waals surface area (Å²) in [5, 5.41) is 7.03. The molecular formula is C24H27N5O5S. The third kappa shape index (κ3) is 5.75. The molecule has 3 aromatic rings. The average molecular weight is 498 g/mol. The maximum atomic E-state index is 13.0. The summed E-state index contributed by atoms with van der Waals surface area (Å²) in [6.07, 6.45) is 3.96. The van der Waals surface area contributed by atoms with Crippen molar-refractivity contribution in [1.82, 2.24) is 24.4 Å². The maximum Gasteiger partial charge on any atom is 0.338 e. The Bertz CT molecular complexity index is 1250. The zero-order chi connectivity index (χ0) is 24.8. The van der Waals surface area contributed by atoms with Gasteiger partial charge < -0.3 is 10.1 Å². The van der Waals surface area contributed by atoms with Crippen LogP contribution in [0.4, 0.5) is 0 Å². The molecule has 2 aromatic carbocycles. The Morgan fingerprint density at radius 2 is 1.74 bits per heavy atom. The van der Waals surface area contributed by atoms with Gasteiger partial charge in [0.25, 0.3) is 0 Å². The highest BCUT2D eigenvalue weighted by molar-refractivity contribution is 7.89. The molecule has 0 bridgehead atoms. The second-order valence-corrected chi connectivity index (χ2v) is 10.1. The third-order valence-electron chi connectivity index (χ3n) is 5.91. The SMILES string of the molecule is CCOC(=O)c1ccc(S(=O)(=O)N2CCC(C(=O)NCc3ccc(-n4cncn4)cc3)CC2)cc1. The average Bonchev–Trinajstić information content (AvgIpc) is 3.43. The Morgan fingerprint density at radius 3 is 2.34 bits per heavy atom. The lowest BCUT2D eigenvalue weighted by Crippen LogP contribution is -2.42. The predicted molar refractivity (Wildman–Crippen MR) is 127 cm³/mol. The zero-order valence-electron chi connectivity index (χ0n) is 19.3. The van der Waals surface area contributed by atoms with E-state index >= 15 is 0 Å². The molecule has 184 valence electrons. The number of nitrogens with zero attached hydrogens (tertiary/aromatic N) is 4. The molecule has 0 unspecified atom stereocenters. The number of amides is 1. The van der Waals surface area contributed by atoms with Gasteiger partial charge in [-0.1, -0.05) is 12.1 Å². The number of hydrogen-bond acceptors (Lipinski definition) is 7. The summed E-state index contributed by atoms with van der Waals surface area (Å²) in [5.41, 5.74) is 2.13. The number of nitrogens with one attached hydrogen (secondary N) is 1. The van der Waals surface area contributed by atoms with Gasteiger partial charge in [-0.05, 0) is 61.7 Å². The lowest BCUT2D eigenvalue weighted by molar-refractivity contribution is -0.126. The quantitative estimate of drug-likeness (QED) is 0.473. The van der Waals surface area contributed by atoms with Gasteiger partial charge in [-0.15, -0.1) is 0 Å². The van der Waals surface area contributed by atoms with Crippen LogP contribution >= 0.6 is 0 Å². The summed E-state index contributed by atoms with van der Waals surface area (Å²) in [6.45, 7) is 2.86. The smallest absolute Gasteiger partial charge is 0.338 e. The van der Waals surface area contributed by atoms with Gasteiger partial charge in [0.05, 0.1) is 22.8 Å². The molecule has 1 amide bonds. The summed E-state index contributed by atoms with van der Waals surface area (Å²) < 4.78 is 34.0. The summed E-state index contributed by atoms with van der Waals surface area (Å²) in [6, 6.07) is 13.4. The van der Waals surface area contributed by atoms with Crippen LogP contribution in [0.15, 0.2) is 66.1 Å². The fraction of sp³-hybridized carbons (Fsp3) is 0.333. The van der Waals surface area contributed by atoms with Crippen molar-refractivity contribution < 1.29 is 22.7 Å². The molecule has 1 aliphatic rings. The van der Waals surface area contributed by atoms with E-state index in [9.17, 15) is 18.0 Å². The van der Waals surface area contributed by atoms with E-state index in [1.165, 1.54) is 34.9 Å². The first kappa shape index (κ1) is 24.6. The molecule has 0 saturated carbocycles. The highest BCUT2D eigenvalue weighted by Crippen LogP contribution is 2.24. The molecule has 0 aliphatic carbocycles. The second kappa shape index (κ2) is 10.8. The number of benzene rings is 2. The molecule has 10 nitrogen and oxygen atoms in total. The third-order valence-corrected chi connectivity index (χ3v) is 7.83. The monoisotopic (exact) mass is 497 g/mol. The first-order chi connectivity index (χ1) is 16.9. The molecule has 1 saturated heterocycles. The van der Waals surface area contributed by atoms with Gasteiger partial charge in [-0.25, -0.2) is 22.9 Å². The number of carbonyl (C=O) groups excluding carboxylic acids is 2. The summed E-state index contributed by atoms with van der Waals surface area (Å²) in [7, 11) is -3.71. The lowest BCUT2D eigenvalue weighted by atomic mass is 9.97. The van der Waals surface area contributed by atoms with Gasteiger partial charge in [-0.2, -0.15) is 9.40 Å². The highest BCUT2D eigenvalue weighted by Gasteiger charge is 2.32. The van der Waals surface area contributed by atoms with E-state index in [1.54, 1.807) is 17.9 Å². The molecule has 1 fully saturated rings. The van der Waals surface area contributed by atoms with Crippen LogP contribution in [-0.2, 0) is 26.1 Å². The Morgan fingerprint density at radius 1 is 1.06 bits per heavy atom. The van der Waals surface area contributed by atoms with Crippen LogP contribution in [0.1, 0.15) is 35.7 Å². The number of piperidine rings is 1. The standard InChI is InChI=1S/C24H27N5O5S/c1-2-34-24(31)20-5-9-22(10-6-20)35(32,33)28-13-11-19(12-14-28)23(30)26-15-18-3-7-21(8-4-18)29-17-25-16-27-29/h3-10,16-17,19H,2,11-15H2,1H3,(H,26,30). The second-order valence-electron chi connectivity index (χ2n) is 8.15. The van der Waals surface area contributed by atoms with Crippen LogP contribution in [-0.4, -0.2) is 59.1 Å². The molecule has 4 rings (SSSR count). The topological polar surface area (TPSA) is 123 Å². The van der Waals surface area contributed by atoms with Gasteiger partial charge in [0, 0.05) is 25.6 Å². The van der Waals surface area contributed by atoms with Gasteiger partial charge in [0.15, 0.2) is 0 Å². The van der Waals surface area contributed by atoms with E-state index in [1.807, 2.05) is 24.3 Å². The van der Waals surface area contributed by atoms with E-state index in [4.69, 9.17) is 4.74 Å². The van der Waals surface area contributed by atoms with Crippen LogP contribution < -0.4 is 5.32 Å². The number of rotatable bonds is 8. The maximum absolute atomic E-state index is 13.0. The van der Waals surface area contributed by atoms with Gasteiger partial charge in [0.2, 0.25) is 15.9 Å². The van der Waals surface area contributed by atoms with Crippen molar-refractivity contribution >= 4 is 21.9 Å². The molecule has 2 heterocycles. The first-order valence-corrected chi connectivity index (χ1v) is 12.8. The lowest BCUT2D eigenvalue weighted by Gasteiger charge is -2.30.